The Morgan fingerprint density at radius 1 is 1.00 bits per heavy atom. The normalized spacial score (nSPS) is 37.9. The Balaban J connectivity index is 1.88. The summed E-state index contributed by atoms with van der Waals surface area (Å²) in [7, 11) is 0. The van der Waals surface area contributed by atoms with E-state index < -0.39 is 0 Å². The quantitative estimate of drug-likeness (QED) is 0.530. The second-order valence-corrected chi connectivity index (χ2v) is 4.81. The van der Waals surface area contributed by atoms with Crippen LogP contribution >= 0.6 is 0 Å². The number of rotatable bonds is 0. The van der Waals surface area contributed by atoms with Crippen LogP contribution in [0.1, 0.15) is 25.7 Å². The molecule has 1 heterocycles. The first-order valence-electron chi connectivity index (χ1n) is 4.74. The molecule has 1 saturated heterocycles. The summed E-state index contributed by atoms with van der Waals surface area (Å²) >= 11 is 0. The van der Waals surface area contributed by atoms with E-state index in [4.69, 9.17) is 5.73 Å². The first-order valence-corrected chi connectivity index (χ1v) is 4.74. The van der Waals surface area contributed by atoms with Crippen LogP contribution in [0.3, 0.4) is 0 Å². The van der Waals surface area contributed by atoms with Crippen LogP contribution < -0.4 is 11.1 Å². The molecule has 0 atom stereocenters. The van der Waals surface area contributed by atoms with Crippen molar-refractivity contribution >= 4 is 0 Å². The van der Waals surface area contributed by atoms with Gasteiger partial charge in [0.25, 0.3) is 0 Å². The van der Waals surface area contributed by atoms with Gasteiger partial charge in [-0.05, 0) is 36.5 Å². The minimum absolute atomic E-state index is 0.524. The predicted octanol–water partition coefficient (Wildman–Crippen LogP) is 0.477. The summed E-state index contributed by atoms with van der Waals surface area (Å²) in [6, 6.07) is 0.524. The van der Waals surface area contributed by atoms with Gasteiger partial charge >= 0.3 is 0 Å². The van der Waals surface area contributed by atoms with Crippen LogP contribution in [0.5, 0.6) is 0 Å². The minimum Gasteiger partial charge on any atom is -0.327 e. The molecule has 3 aliphatic rings. The Bertz CT molecular complexity index is 172. The topological polar surface area (TPSA) is 38.0 Å². The van der Waals surface area contributed by atoms with Crippen molar-refractivity contribution in [3.63, 3.8) is 0 Å². The van der Waals surface area contributed by atoms with Crippen molar-refractivity contribution in [2.75, 3.05) is 13.1 Å². The van der Waals surface area contributed by atoms with Crippen LogP contribution in [0.15, 0.2) is 0 Å². The summed E-state index contributed by atoms with van der Waals surface area (Å²) in [6.07, 6.45) is 5.51. The van der Waals surface area contributed by atoms with Crippen LogP contribution in [-0.2, 0) is 0 Å². The fourth-order valence-corrected chi connectivity index (χ4v) is 2.73. The van der Waals surface area contributed by atoms with Gasteiger partial charge in [-0.15, -0.1) is 0 Å². The van der Waals surface area contributed by atoms with Gasteiger partial charge in [-0.3, -0.25) is 0 Å². The maximum atomic E-state index is 6.28. The standard InChI is InChI=1S/C9H16N2/c10-7-8(1-2-8)5-11-6-9(7)3-4-9/h7,11H,1-6,10H2. The summed E-state index contributed by atoms with van der Waals surface area (Å²) in [5.74, 6) is 0. The third-order valence-corrected chi connectivity index (χ3v) is 4.06. The van der Waals surface area contributed by atoms with Gasteiger partial charge in [0.05, 0.1) is 0 Å². The lowest BCUT2D eigenvalue weighted by Gasteiger charge is -2.37. The first-order chi connectivity index (χ1) is 5.28. The Hall–Kier alpha value is -0.0800. The van der Waals surface area contributed by atoms with Crippen molar-refractivity contribution in [3.8, 4) is 0 Å². The monoisotopic (exact) mass is 152 g/mol. The van der Waals surface area contributed by atoms with Crippen molar-refractivity contribution in [1.29, 1.82) is 0 Å². The Morgan fingerprint density at radius 3 is 1.82 bits per heavy atom. The van der Waals surface area contributed by atoms with E-state index >= 15 is 0 Å². The van der Waals surface area contributed by atoms with Gasteiger partial charge in [-0.1, -0.05) is 0 Å². The van der Waals surface area contributed by atoms with Gasteiger partial charge in [0.15, 0.2) is 0 Å². The molecule has 2 aliphatic carbocycles. The Morgan fingerprint density at radius 2 is 1.45 bits per heavy atom. The minimum atomic E-state index is 0.524. The van der Waals surface area contributed by atoms with Crippen LogP contribution in [0, 0.1) is 10.8 Å². The lowest BCUT2D eigenvalue weighted by Crippen LogP contribution is -2.54. The van der Waals surface area contributed by atoms with E-state index in [0.29, 0.717) is 16.9 Å². The van der Waals surface area contributed by atoms with Gasteiger partial charge in [0.2, 0.25) is 0 Å². The molecule has 0 aromatic rings. The number of piperidine rings is 1. The molecule has 0 aromatic carbocycles. The molecule has 3 N–H and O–H groups in total. The average Bonchev–Trinajstić information content (AvgIpc) is 2.82. The lowest BCUT2D eigenvalue weighted by molar-refractivity contribution is 0.201. The second kappa shape index (κ2) is 1.64. The van der Waals surface area contributed by atoms with E-state index in [1.54, 1.807) is 0 Å². The van der Waals surface area contributed by atoms with Crippen LogP contribution in [0.25, 0.3) is 0 Å². The predicted molar refractivity (Wildman–Crippen MR) is 44.2 cm³/mol. The zero-order valence-corrected chi connectivity index (χ0v) is 6.90. The molecule has 3 rings (SSSR count). The van der Waals surface area contributed by atoms with Gasteiger partial charge in [-0.25, -0.2) is 0 Å². The number of nitrogens with two attached hydrogens (primary N) is 1. The SMILES string of the molecule is NC1C2(CC2)CNCC12CC2. The van der Waals surface area contributed by atoms with Crippen molar-refractivity contribution < 1.29 is 0 Å². The summed E-state index contributed by atoms with van der Waals surface area (Å²) in [4.78, 5) is 0. The molecular formula is C9H16N2. The zero-order chi connectivity index (χ0) is 7.53. The van der Waals surface area contributed by atoms with Crippen LogP contribution in [-0.4, -0.2) is 19.1 Å². The van der Waals surface area contributed by atoms with Crippen molar-refractivity contribution in [3.05, 3.63) is 0 Å². The molecule has 2 heteroatoms. The van der Waals surface area contributed by atoms with Crippen molar-refractivity contribution in [1.82, 2.24) is 5.32 Å². The van der Waals surface area contributed by atoms with Crippen molar-refractivity contribution in [2.45, 2.75) is 31.7 Å². The fourth-order valence-electron chi connectivity index (χ4n) is 2.73. The summed E-state index contributed by atoms with van der Waals surface area (Å²) in [5.41, 5.74) is 7.38. The highest BCUT2D eigenvalue weighted by molar-refractivity contribution is 5.17. The molecule has 0 amide bonds. The highest BCUT2D eigenvalue weighted by atomic mass is 15.0. The molecule has 0 aromatic heterocycles. The summed E-state index contributed by atoms with van der Waals surface area (Å²) in [6.45, 7) is 2.38. The van der Waals surface area contributed by atoms with Gasteiger partial charge in [-0.2, -0.15) is 0 Å². The Labute approximate surface area is 67.5 Å². The van der Waals surface area contributed by atoms with E-state index in [0.717, 1.165) is 0 Å². The molecule has 11 heavy (non-hydrogen) atoms. The number of nitrogens with one attached hydrogen (secondary N) is 1. The van der Waals surface area contributed by atoms with Crippen LogP contribution in [0.2, 0.25) is 0 Å². The summed E-state index contributed by atoms with van der Waals surface area (Å²) < 4.78 is 0. The molecule has 2 nitrogen and oxygen atoms in total. The highest BCUT2D eigenvalue weighted by Gasteiger charge is 2.62. The molecule has 0 radical (unpaired) electrons. The molecule has 1 aliphatic heterocycles. The van der Waals surface area contributed by atoms with E-state index in [1.807, 2.05) is 0 Å². The van der Waals surface area contributed by atoms with E-state index in [2.05, 4.69) is 5.32 Å². The molecule has 2 saturated carbocycles. The molecule has 0 unspecified atom stereocenters. The van der Waals surface area contributed by atoms with Gasteiger partial charge < -0.3 is 11.1 Å². The summed E-state index contributed by atoms with van der Waals surface area (Å²) in [5, 5.41) is 3.54. The van der Waals surface area contributed by atoms with E-state index in [-0.39, 0.29) is 0 Å². The van der Waals surface area contributed by atoms with Crippen molar-refractivity contribution in [2.24, 2.45) is 16.6 Å². The highest BCUT2D eigenvalue weighted by Crippen LogP contribution is 2.61. The smallest absolute Gasteiger partial charge is 0.0177 e. The Kier molecular flexibility index (Phi) is 0.961. The second-order valence-electron chi connectivity index (χ2n) is 4.81. The molecule has 3 fully saturated rings. The molecule has 0 bridgehead atoms. The molecule has 62 valence electrons. The lowest BCUT2D eigenvalue weighted by atomic mass is 9.80. The first kappa shape index (κ1) is 6.44. The maximum absolute atomic E-state index is 6.28. The zero-order valence-electron chi connectivity index (χ0n) is 6.90. The largest absolute Gasteiger partial charge is 0.327 e. The fraction of sp³-hybridized carbons (Fsp3) is 1.00. The number of hydrogen-bond acceptors (Lipinski definition) is 2. The maximum Gasteiger partial charge on any atom is 0.0177 e. The van der Waals surface area contributed by atoms with Gasteiger partial charge in [0, 0.05) is 19.1 Å². The van der Waals surface area contributed by atoms with Gasteiger partial charge in [0.1, 0.15) is 0 Å². The van der Waals surface area contributed by atoms with E-state index in [1.165, 1.54) is 38.8 Å². The molecular weight excluding hydrogens is 136 g/mol. The average molecular weight is 152 g/mol. The third kappa shape index (κ3) is 0.695. The van der Waals surface area contributed by atoms with Crippen LogP contribution in [0.4, 0.5) is 0 Å². The third-order valence-electron chi connectivity index (χ3n) is 4.06. The number of hydrogen-bond donors (Lipinski definition) is 2. The van der Waals surface area contributed by atoms with E-state index in [9.17, 15) is 0 Å². The molecule has 2 spiro atoms.